The van der Waals surface area contributed by atoms with Gasteiger partial charge in [0.05, 0.1) is 26.9 Å². The van der Waals surface area contributed by atoms with Gasteiger partial charge in [0.15, 0.2) is 0 Å². The van der Waals surface area contributed by atoms with E-state index in [1.54, 1.807) is 18.3 Å². The first-order valence-electron chi connectivity index (χ1n) is 11.2. The average Bonchev–Trinajstić information content (AvgIpc) is 3.29. The number of hydrogen-bond acceptors (Lipinski definition) is 9. The molecule has 38 heavy (non-hydrogen) atoms. The topological polar surface area (TPSA) is 163 Å². The number of carboxylic acids is 1. The van der Waals surface area contributed by atoms with Crippen molar-refractivity contribution < 1.29 is 14.7 Å². The molecule has 1 aliphatic rings. The van der Waals surface area contributed by atoms with Gasteiger partial charge >= 0.3 is 12.0 Å². The molecule has 1 aliphatic heterocycles. The van der Waals surface area contributed by atoms with Crippen molar-refractivity contribution >= 4 is 75.8 Å². The number of aromatic nitrogens is 2. The molecular weight excluding hydrogens is 577 g/mol. The van der Waals surface area contributed by atoms with Gasteiger partial charge in [-0.15, -0.1) is 41.1 Å². The summed E-state index contributed by atoms with van der Waals surface area (Å²) in [5.41, 5.74) is 5.78. The lowest BCUT2D eigenvalue weighted by atomic mass is 9.78. The van der Waals surface area contributed by atoms with E-state index in [4.69, 9.17) is 11.6 Å². The second-order valence-electron chi connectivity index (χ2n) is 8.70. The van der Waals surface area contributed by atoms with Crippen molar-refractivity contribution in [1.29, 1.82) is 0 Å². The molecular formula is C23H30Cl3N7O4S. The van der Waals surface area contributed by atoms with Gasteiger partial charge in [0.1, 0.15) is 5.69 Å². The molecule has 2 amide bonds. The molecule has 1 saturated heterocycles. The van der Waals surface area contributed by atoms with E-state index in [1.807, 2.05) is 12.1 Å². The van der Waals surface area contributed by atoms with Crippen LogP contribution < -0.4 is 16.4 Å². The first-order chi connectivity index (χ1) is 17.1. The Hall–Kier alpha value is -2.77. The number of aromatic carboxylic acids is 1. The van der Waals surface area contributed by atoms with Crippen LogP contribution in [0.3, 0.4) is 0 Å². The molecule has 11 nitrogen and oxygen atoms in total. The Balaban J connectivity index is 0.000000712. The zero-order valence-corrected chi connectivity index (χ0v) is 24.0. The van der Waals surface area contributed by atoms with Crippen LogP contribution in [0.25, 0.3) is 20.7 Å². The standard InChI is InChI=1S/C21H23ClN4O2S.C2H5N3O2.2ClH/c1-21(5-8-23-9-6-21)7-10-24-20-25-12-15(22)18(26-20)17-11-14-13(19(27)28)3-2-4-16(14)29-17;1-5(4-7)2(3)6;;/h2-4,11-12,23H,5-10H2,1H3,(H,27,28)(H,24,25,26);1H3,(H2,3,6);2*1H. The monoisotopic (exact) mass is 605 g/mol. The molecule has 0 aliphatic carbocycles. The molecule has 0 unspecified atom stereocenters. The molecule has 0 atom stereocenters. The molecule has 15 heteroatoms. The van der Waals surface area contributed by atoms with Crippen LogP contribution in [-0.4, -0.2) is 58.8 Å². The van der Waals surface area contributed by atoms with Gasteiger partial charge < -0.3 is 21.5 Å². The SMILES string of the molecule is CC1(CCNc2ncc(Cl)c(-c3cc4c(C(=O)O)cccc4s3)n2)CCNCC1.CN(N=O)C(N)=O.Cl.Cl. The summed E-state index contributed by atoms with van der Waals surface area (Å²) >= 11 is 7.85. The maximum Gasteiger partial charge on any atom is 0.337 e. The van der Waals surface area contributed by atoms with Crippen LogP contribution in [-0.2, 0) is 0 Å². The molecule has 0 spiro atoms. The van der Waals surface area contributed by atoms with Crippen molar-refractivity contribution in [2.75, 3.05) is 32.0 Å². The van der Waals surface area contributed by atoms with Crippen LogP contribution in [0.15, 0.2) is 35.7 Å². The number of carbonyl (C=O) groups is 2. The fraction of sp³-hybridized carbons (Fsp3) is 0.391. The number of nitrogens with one attached hydrogen (secondary N) is 2. The molecule has 0 saturated carbocycles. The number of halogens is 3. The molecule has 5 N–H and O–H groups in total. The van der Waals surface area contributed by atoms with Crippen LogP contribution in [0.1, 0.15) is 36.5 Å². The van der Waals surface area contributed by atoms with E-state index < -0.39 is 12.0 Å². The van der Waals surface area contributed by atoms with Gasteiger partial charge in [-0.05, 0) is 56.0 Å². The predicted octanol–water partition coefficient (Wildman–Crippen LogP) is 5.42. The van der Waals surface area contributed by atoms with E-state index >= 15 is 0 Å². The number of thiophene rings is 1. The third-order valence-corrected chi connectivity index (χ3v) is 7.42. The van der Waals surface area contributed by atoms with Crippen molar-refractivity contribution in [3.8, 4) is 10.6 Å². The summed E-state index contributed by atoms with van der Waals surface area (Å²) in [5, 5.41) is 20.0. The zero-order chi connectivity index (χ0) is 26.3. The molecule has 4 rings (SSSR count). The summed E-state index contributed by atoms with van der Waals surface area (Å²) in [4.78, 5) is 40.4. The largest absolute Gasteiger partial charge is 0.478 e. The number of urea groups is 1. The molecule has 0 radical (unpaired) electrons. The summed E-state index contributed by atoms with van der Waals surface area (Å²) < 4.78 is 0.892. The number of primary amides is 1. The van der Waals surface area contributed by atoms with Gasteiger partial charge in [-0.3, -0.25) is 0 Å². The van der Waals surface area contributed by atoms with Gasteiger partial charge in [0.2, 0.25) is 5.95 Å². The Morgan fingerprint density at radius 2 is 2.00 bits per heavy atom. The highest BCUT2D eigenvalue weighted by molar-refractivity contribution is 7.22. The van der Waals surface area contributed by atoms with Gasteiger partial charge in [0, 0.05) is 23.7 Å². The number of amides is 2. The van der Waals surface area contributed by atoms with Crippen molar-refractivity contribution in [2.45, 2.75) is 26.2 Å². The first kappa shape index (κ1) is 33.3. The lowest BCUT2D eigenvalue weighted by Crippen LogP contribution is -2.35. The molecule has 3 heterocycles. The predicted molar refractivity (Wildman–Crippen MR) is 156 cm³/mol. The number of anilines is 1. The highest BCUT2D eigenvalue weighted by atomic mass is 35.5. The van der Waals surface area contributed by atoms with Crippen LogP contribution in [0.4, 0.5) is 10.7 Å². The second kappa shape index (κ2) is 15.0. The Bertz CT molecular complexity index is 1250. The average molecular weight is 607 g/mol. The maximum absolute atomic E-state index is 11.5. The second-order valence-corrected chi connectivity index (χ2v) is 10.2. The van der Waals surface area contributed by atoms with E-state index in [0.29, 0.717) is 32.5 Å². The summed E-state index contributed by atoms with van der Waals surface area (Å²) in [5.74, 6) is -0.402. The minimum absolute atomic E-state index is 0. The highest BCUT2D eigenvalue weighted by Crippen LogP contribution is 2.37. The summed E-state index contributed by atoms with van der Waals surface area (Å²) in [6, 6.07) is 6.26. The summed E-state index contributed by atoms with van der Waals surface area (Å²) in [7, 11) is 1.18. The van der Waals surface area contributed by atoms with E-state index in [2.05, 4.69) is 38.5 Å². The maximum atomic E-state index is 11.5. The molecule has 3 aromatic rings. The van der Waals surface area contributed by atoms with Crippen molar-refractivity contribution in [1.82, 2.24) is 20.3 Å². The van der Waals surface area contributed by atoms with Gasteiger partial charge in [0.25, 0.3) is 0 Å². The summed E-state index contributed by atoms with van der Waals surface area (Å²) in [6.07, 6.45) is 5.01. The number of nitrogens with zero attached hydrogens (tertiary/aromatic N) is 4. The van der Waals surface area contributed by atoms with E-state index in [1.165, 1.54) is 31.2 Å². The fourth-order valence-corrected chi connectivity index (χ4v) is 5.13. The van der Waals surface area contributed by atoms with E-state index in [9.17, 15) is 19.6 Å². The Labute approximate surface area is 241 Å². The molecule has 1 fully saturated rings. The number of nitrogens with two attached hydrogens (primary N) is 1. The number of hydrogen-bond donors (Lipinski definition) is 4. The van der Waals surface area contributed by atoms with Crippen LogP contribution in [0, 0.1) is 10.3 Å². The smallest absolute Gasteiger partial charge is 0.337 e. The minimum Gasteiger partial charge on any atom is -0.478 e. The normalized spacial score (nSPS) is 13.7. The van der Waals surface area contributed by atoms with Crippen LogP contribution in [0.2, 0.25) is 5.02 Å². The number of carbonyl (C=O) groups excluding carboxylic acids is 1. The lowest BCUT2D eigenvalue weighted by molar-refractivity contribution is 0.0699. The molecule has 208 valence electrons. The van der Waals surface area contributed by atoms with Crippen LogP contribution >= 0.6 is 47.8 Å². The quantitative estimate of drug-likeness (QED) is 0.204. The van der Waals surface area contributed by atoms with Crippen molar-refractivity contribution in [3.63, 3.8) is 0 Å². The highest BCUT2D eigenvalue weighted by Gasteiger charge is 2.26. The number of fused-ring (bicyclic) bond motifs is 1. The molecule has 1 aromatic carbocycles. The Morgan fingerprint density at radius 1 is 1.32 bits per heavy atom. The third kappa shape index (κ3) is 8.63. The zero-order valence-electron chi connectivity index (χ0n) is 20.8. The Morgan fingerprint density at radius 3 is 2.58 bits per heavy atom. The van der Waals surface area contributed by atoms with Crippen molar-refractivity contribution in [3.05, 3.63) is 46.0 Å². The van der Waals surface area contributed by atoms with E-state index in [-0.39, 0.29) is 30.4 Å². The number of nitroso groups, excluding NO2 is 1. The van der Waals surface area contributed by atoms with Crippen LogP contribution in [0.5, 0.6) is 0 Å². The van der Waals surface area contributed by atoms with Gasteiger partial charge in [-0.1, -0.05) is 24.6 Å². The number of benzene rings is 1. The summed E-state index contributed by atoms with van der Waals surface area (Å²) in [6.45, 7) is 5.28. The molecule has 2 aromatic heterocycles. The first-order valence-corrected chi connectivity index (χ1v) is 12.4. The Kier molecular flexibility index (Phi) is 13.1. The number of piperidine rings is 1. The lowest BCUT2D eigenvalue weighted by Gasteiger charge is -2.34. The minimum atomic E-state index is -0.942. The van der Waals surface area contributed by atoms with E-state index in [0.717, 1.165) is 35.6 Å². The number of rotatable bonds is 7. The van der Waals surface area contributed by atoms with Gasteiger partial charge in [-0.2, -0.15) is 5.01 Å². The van der Waals surface area contributed by atoms with Crippen molar-refractivity contribution in [2.24, 2.45) is 16.4 Å². The third-order valence-electron chi connectivity index (χ3n) is 6.03. The fourth-order valence-electron chi connectivity index (χ4n) is 3.79. The van der Waals surface area contributed by atoms with Gasteiger partial charge in [-0.25, -0.2) is 19.6 Å². The molecule has 0 bridgehead atoms. The number of carboxylic acid groups (broad SMARTS) is 1.